The first-order valence-electron chi connectivity index (χ1n) is 6.94. The van der Waals surface area contributed by atoms with Crippen LogP contribution in [-0.4, -0.2) is 17.0 Å². The average molecular weight is 275 g/mol. The van der Waals surface area contributed by atoms with Gasteiger partial charge in [-0.05, 0) is 43.3 Å². The van der Waals surface area contributed by atoms with E-state index in [4.69, 9.17) is 4.98 Å². The van der Waals surface area contributed by atoms with Crippen molar-refractivity contribution >= 4 is 11.5 Å². The lowest BCUT2D eigenvalue weighted by atomic mass is 10.2. The van der Waals surface area contributed by atoms with Gasteiger partial charge in [0.1, 0.15) is 5.82 Å². The lowest BCUT2D eigenvalue weighted by molar-refractivity contribution is 1.11. The Labute approximate surface area is 124 Å². The molecule has 0 aliphatic rings. The van der Waals surface area contributed by atoms with Crippen molar-refractivity contribution in [3.05, 3.63) is 72.4 Å². The van der Waals surface area contributed by atoms with Crippen LogP contribution in [0.2, 0.25) is 0 Å². The summed E-state index contributed by atoms with van der Waals surface area (Å²) < 4.78 is 0. The van der Waals surface area contributed by atoms with Crippen LogP contribution in [0.3, 0.4) is 0 Å². The number of pyridine rings is 2. The van der Waals surface area contributed by atoms with E-state index in [1.165, 1.54) is 0 Å². The van der Waals surface area contributed by atoms with Gasteiger partial charge in [-0.25, -0.2) is 4.98 Å². The Balaban J connectivity index is 1.97. The molecule has 3 nitrogen and oxygen atoms in total. The predicted octanol–water partition coefficient (Wildman–Crippen LogP) is 4.22. The molecule has 21 heavy (non-hydrogen) atoms. The van der Waals surface area contributed by atoms with Gasteiger partial charge in [-0.1, -0.05) is 30.3 Å². The monoisotopic (exact) mass is 275 g/mol. The molecule has 0 saturated carbocycles. The van der Waals surface area contributed by atoms with Gasteiger partial charge in [0, 0.05) is 18.4 Å². The number of benzene rings is 1. The zero-order chi connectivity index (χ0) is 14.7. The van der Waals surface area contributed by atoms with Crippen LogP contribution < -0.4 is 4.90 Å². The standard InChI is InChI=1S/C18H17N3/c1-14-8-6-11-16(19-14)17-12-7-13-18(20-17)21(2)15-9-4-3-5-10-15/h3-13H,1-2H3. The van der Waals surface area contributed by atoms with E-state index in [9.17, 15) is 0 Å². The van der Waals surface area contributed by atoms with E-state index < -0.39 is 0 Å². The Kier molecular flexibility index (Phi) is 3.65. The molecule has 3 aromatic rings. The molecular formula is C18H17N3. The third-order valence-corrected chi connectivity index (χ3v) is 3.37. The summed E-state index contributed by atoms with van der Waals surface area (Å²) in [5.41, 5.74) is 3.90. The molecule has 0 unspecified atom stereocenters. The second-order valence-corrected chi connectivity index (χ2v) is 4.94. The first-order valence-corrected chi connectivity index (χ1v) is 6.94. The van der Waals surface area contributed by atoms with E-state index in [0.717, 1.165) is 28.6 Å². The fourth-order valence-corrected chi connectivity index (χ4v) is 2.22. The van der Waals surface area contributed by atoms with Gasteiger partial charge in [0.15, 0.2) is 0 Å². The molecule has 3 rings (SSSR count). The van der Waals surface area contributed by atoms with Crippen LogP contribution in [0.25, 0.3) is 11.4 Å². The summed E-state index contributed by atoms with van der Waals surface area (Å²) >= 11 is 0. The maximum absolute atomic E-state index is 4.72. The molecule has 0 amide bonds. The third-order valence-electron chi connectivity index (χ3n) is 3.37. The summed E-state index contributed by atoms with van der Waals surface area (Å²) in [6.45, 7) is 1.99. The SMILES string of the molecule is Cc1cccc(-c2cccc(N(C)c3ccccc3)n2)n1. The Morgan fingerprint density at radius 1 is 0.714 bits per heavy atom. The quantitative estimate of drug-likeness (QED) is 0.716. The fraction of sp³-hybridized carbons (Fsp3) is 0.111. The molecule has 0 aliphatic heterocycles. The first-order chi connectivity index (χ1) is 10.2. The van der Waals surface area contributed by atoms with Crippen LogP contribution in [0.1, 0.15) is 5.69 Å². The maximum Gasteiger partial charge on any atom is 0.133 e. The smallest absolute Gasteiger partial charge is 0.133 e. The average Bonchev–Trinajstić information content (AvgIpc) is 2.55. The van der Waals surface area contributed by atoms with Gasteiger partial charge >= 0.3 is 0 Å². The number of hydrogen-bond donors (Lipinski definition) is 0. The zero-order valence-electron chi connectivity index (χ0n) is 12.2. The van der Waals surface area contributed by atoms with Crippen LogP contribution in [0.5, 0.6) is 0 Å². The van der Waals surface area contributed by atoms with E-state index in [1.54, 1.807) is 0 Å². The van der Waals surface area contributed by atoms with Gasteiger partial charge in [0.05, 0.1) is 11.4 Å². The van der Waals surface area contributed by atoms with Crippen molar-refractivity contribution in [3.8, 4) is 11.4 Å². The predicted molar refractivity (Wildman–Crippen MR) is 86.7 cm³/mol. The van der Waals surface area contributed by atoms with Gasteiger partial charge in [0.25, 0.3) is 0 Å². The van der Waals surface area contributed by atoms with Gasteiger partial charge in [0.2, 0.25) is 0 Å². The summed E-state index contributed by atoms with van der Waals surface area (Å²) in [5, 5.41) is 0. The summed E-state index contributed by atoms with van der Waals surface area (Å²) in [6.07, 6.45) is 0. The normalized spacial score (nSPS) is 10.4. The largest absolute Gasteiger partial charge is 0.329 e. The van der Waals surface area contributed by atoms with Crippen molar-refractivity contribution in [2.45, 2.75) is 6.92 Å². The van der Waals surface area contributed by atoms with Crippen molar-refractivity contribution in [2.75, 3.05) is 11.9 Å². The third kappa shape index (κ3) is 2.92. The molecule has 0 radical (unpaired) electrons. The van der Waals surface area contributed by atoms with E-state index in [0.29, 0.717) is 0 Å². The highest BCUT2D eigenvalue weighted by Crippen LogP contribution is 2.24. The van der Waals surface area contributed by atoms with E-state index in [-0.39, 0.29) is 0 Å². The topological polar surface area (TPSA) is 29.0 Å². The molecule has 0 spiro atoms. The number of aryl methyl sites for hydroxylation is 1. The molecule has 2 aromatic heterocycles. The number of hydrogen-bond acceptors (Lipinski definition) is 3. The summed E-state index contributed by atoms with van der Waals surface area (Å²) in [6, 6.07) is 22.2. The van der Waals surface area contributed by atoms with Gasteiger partial charge in [-0.2, -0.15) is 0 Å². The Hall–Kier alpha value is -2.68. The molecule has 3 heteroatoms. The lowest BCUT2D eigenvalue weighted by Gasteiger charge is -2.18. The van der Waals surface area contributed by atoms with Crippen molar-refractivity contribution in [2.24, 2.45) is 0 Å². The minimum absolute atomic E-state index is 0.888. The molecule has 0 bridgehead atoms. The van der Waals surface area contributed by atoms with Crippen molar-refractivity contribution in [1.29, 1.82) is 0 Å². The van der Waals surface area contributed by atoms with E-state index in [2.05, 4.69) is 22.0 Å². The summed E-state index contributed by atoms with van der Waals surface area (Å²) in [4.78, 5) is 11.3. The van der Waals surface area contributed by atoms with Crippen LogP contribution in [0.4, 0.5) is 11.5 Å². The first kappa shape index (κ1) is 13.3. The number of para-hydroxylation sites is 1. The minimum atomic E-state index is 0.888. The maximum atomic E-state index is 4.72. The molecule has 0 N–H and O–H groups in total. The van der Waals surface area contributed by atoms with Gasteiger partial charge < -0.3 is 4.90 Å². The molecule has 1 aromatic carbocycles. The second kappa shape index (κ2) is 5.75. The number of anilines is 2. The zero-order valence-corrected chi connectivity index (χ0v) is 12.2. The second-order valence-electron chi connectivity index (χ2n) is 4.94. The number of nitrogens with zero attached hydrogens (tertiary/aromatic N) is 3. The summed E-state index contributed by atoms with van der Waals surface area (Å²) in [7, 11) is 2.02. The Bertz CT molecular complexity index is 738. The highest BCUT2D eigenvalue weighted by molar-refractivity contribution is 5.63. The molecular weight excluding hydrogens is 258 g/mol. The number of aromatic nitrogens is 2. The van der Waals surface area contributed by atoms with Crippen LogP contribution in [-0.2, 0) is 0 Å². The Morgan fingerprint density at radius 3 is 2.10 bits per heavy atom. The van der Waals surface area contributed by atoms with Crippen molar-refractivity contribution in [1.82, 2.24) is 9.97 Å². The van der Waals surface area contributed by atoms with Gasteiger partial charge in [-0.3, -0.25) is 4.98 Å². The summed E-state index contributed by atoms with van der Waals surface area (Å²) in [5.74, 6) is 0.905. The number of rotatable bonds is 3. The van der Waals surface area contributed by atoms with Crippen LogP contribution >= 0.6 is 0 Å². The van der Waals surface area contributed by atoms with Crippen molar-refractivity contribution in [3.63, 3.8) is 0 Å². The molecule has 0 fully saturated rings. The van der Waals surface area contributed by atoms with Gasteiger partial charge in [-0.15, -0.1) is 0 Å². The fourth-order valence-electron chi connectivity index (χ4n) is 2.22. The Morgan fingerprint density at radius 2 is 1.38 bits per heavy atom. The van der Waals surface area contributed by atoms with E-state index >= 15 is 0 Å². The molecule has 0 aliphatic carbocycles. The molecule has 2 heterocycles. The molecule has 0 atom stereocenters. The van der Waals surface area contributed by atoms with Crippen LogP contribution in [0.15, 0.2) is 66.7 Å². The highest BCUT2D eigenvalue weighted by atomic mass is 15.2. The van der Waals surface area contributed by atoms with E-state index in [1.807, 2.05) is 68.6 Å². The minimum Gasteiger partial charge on any atom is -0.329 e. The molecule has 104 valence electrons. The van der Waals surface area contributed by atoms with Crippen LogP contribution in [0, 0.1) is 6.92 Å². The lowest BCUT2D eigenvalue weighted by Crippen LogP contribution is -2.11. The van der Waals surface area contributed by atoms with Crippen molar-refractivity contribution < 1.29 is 0 Å². The highest BCUT2D eigenvalue weighted by Gasteiger charge is 2.07. The molecule has 0 saturated heterocycles.